The Balaban J connectivity index is 2.03. The van der Waals surface area contributed by atoms with Gasteiger partial charge in [0.25, 0.3) is 15.6 Å². The molecule has 0 aliphatic carbocycles. The van der Waals surface area contributed by atoms with Gasteiger partial charge >= 0.3 is 5.69 Å². The van der Waals surface area contributed by atoms with E-state index in [0.29, 0.717) is 11.5 Å². The zero-order valence-electron chi connectivity index (χ0n) is 12.3. The Hall–Kier alpha value is -2.75. The van der Waals surface area contributed by atoms with Crippen LogP contribution in [0.4, 0.5) is 5.69 Å². The predicted octanol–water partition coefficient (Wildman–Crippen LogP) is -0.386. The highest BCUT2D eigenvalue weighted by atomic mass is 32.2. The number of ether oxygens (including phenoxy) is 2. The normalized spacial score (nSPS) is 13.1. The molecule has 2 heterocycles. The number of aromatic nitrogens is 2. The van der Waals surface area contributed by atoms with E-state index < -0.39 is 26.2 Å². The molecule has 122 valence electrons. The standard InChI is InChI=1S/C13H13N3O6S/c1-15-6-11(12(17)16(2)13(15)18)23(19,20)14-8-3-4-9-10(5-8)22-7-21-9/h3-6,14H,7H2,1-2H3. The second-order valence-electron chi connectivity index (χ2n) is 4.92. The van der Waals surface area contributed by atoms with Gasteiger partial charge in [0, 0.05) is 26.4 Å². The lowest BCUT2D eigenvalue weighted by molar-refractivity contribution is 0.174. The van der Waals surface area contributed by atoms with Crippen LogP contribution in [0.3, 0.4) is 0 Å². The molecule has 0 fully saturated rings. The molecule has 2 aromatic rings. The average Bonchev–Trinajstić information content (AvgIpc) is 2.95. The summed E-state index contributed by atoms with van der Waals surface area (Å²) < 4.78 is 39.2. The van der Waals surface area contributed by atoms with Gasteiger partial charge in [-0.2, -0.15) is 0 Å². The van der Waals surface area contributed by atoms with Gasteiger partial charge in [-0.3, -0.25) is 14.1 Å². The van der Waals surface area contributed by atoms with Crippen molar-refractivity contribution in [1.82, 2.24) is 9.13 Å². The summed E-state index contributed by atoms with van der Waals surface area (Å²) in [5.74, 6) is 0.907. The lowest BCUT2D eigenvalue weighted by Crippen LogP contribution is -2.40. The van der Waals surface area contributed by atoms with Crippen LogP contribution in [0.25, 0.3) is 0 Å². The molecule has 0 radical (unpaired) electrons. The monoisotopic (exact) mass is 339 g/mol. The minimum absolute atomic E-state index is 0.0624. The van der Waals surface area contributed by atoms with Gasteiger partial charge in [0.05, 0.1) is 5.69 Å². The number of nitrogens with zero attached hydrogens (tertiary/aromatic N) is 2. The molecule has 0 saturated carbocycles. The van der Waals surface area contributed by atoms with Gasteiger partial charge in [-0.05, 0) is 12.1 Å². The molecule has 9 nitrogen and oxygen atoms in total. The first-order valence-corrected chi connectivity index (χ1v) is 7.97. The molecule has 0 bridgehead atoms. The Morgan fingerprint density at radius 2 is 1.83 bits per heavy atom. The van der Waals surface area contributed by atoms with Crippen LogP contribution in [0.1, 0.15) is 0 Å². The van der Waals surface area contributed by atoms with Crippen molar-refractivity contribution >= 4 is 15.7 Å². The Labute approximate surface area is 130 Å². The molecule has 23 heavy (non-hydrogen) atoms. The second kappa shape index (κ2) is 5.16. The van der Waals surface area contributed by atoms with Gasteiger partial charge in [0.1, 0.15) is 0 Å². The molecule has 1 aliphatic heterocycles. The van der Waals surface area contributed by atoms with Gasteiger partial charge < -0.3 is 14.0 Å². The molecule has 0 unspecified atom stereocenters. The number of hydrogen-bond donors (Lipinski definition) is 1. The third-order valence-electron chi connectivity index (χ3n) is 3.33. The molecule has 1 aromatic carbocycles. The Morgan fingerprint density at radius 3 is 2.57 bits per heavy atom. The Bertz CT molecular complexity index is 1010. The number of anilines is 1. The van der Waals surface area contributed by atoms with Crippen LogP contribution in [-0.2, 0) is 24.1 Å². The largest absolute Gasteiger partial charge is 0.454 e. The van der Waals surface area contributed by atoms with E-state index in [1.54, 1.807) is 6.07 Å². The van der Waals surface area contributed by atoms with E-state index in [2.05, 4.69) is 4.72 Å². The maximum atomic E-state index is 12.4. The van der Waals surface area contributed by atoms with Gasteiger partial charge in [0.2, 0.25) is 6.79 Å². The lowest BCUT2D eigenvalue weighted by atomic mass is 10.3. The van der Waals surface area contributed by atoms with Crippen molar-refractivity contribution in [1.29, 1.82) is 0 Å². The third kappa shape index (κ3) is 2.57. The lowest BCUT2D eigenvalue weighted by Gasteiger charge is -2.10. The van der Waals surface area contributed by atoms with Crippen molar-refractivity contribution in [2.45, 2.75) is 4.90 Å². The number of nitrogens with one attached hydrogen (secondary N) is 1. The van der Waals surface area contributed by atoms with E-state index in [9.17, 15) is 18.0 Å². The van der Waals surface area contributed by atoms with E-state index in [1.165, 1.54) is 26.2 Å². The highest BCUT2D eigenvalue weighted by Gasteiger charge is 2.22. The summed E-state index contributed by atoms with van der Waals surface area (Å²) >= 11 is 0. The molecule has 3 rings (SSSR count). The fourth-order valence-electron chi connectivity index (χ4n) is 2.13. The quantitative estimate of drug-likeness (QED) is 0.816. The summed E-state index contributed by atoms with van der Waals surface area (Å²) in [6.07, 6.45) is 0.986. The molecule has 0 spiro atoms. The van der Waals surface area contributed by atoms with Crippen molar-refractivity contribution in [2.75, 3.05) is 11.5 Å². The zero-order valence-corrected chi connectivity index (χ0v) is 13.1. The van der Waals surface area contributed by atoms with Gasteiger partial charge in [-0.25, -0.2) is 13.2 Å². The molecule has 1 aliphatic rings. The number of sulfonamides is 1. The maximum absolute atomic E-state index is 12.4. The first-order chi connectivity index (χ1) is 10.8. The minimum atomic E-state index is -4.16. The highest BCUT2D eigenvalue weighted by Crippen LogP contribution is 2.34. The Morgan fingerprint density at radius 1 is 1.13 bits per heavy atom. The van der Waals surface area contributed by atoms with Crippen molar-refractivity contribution in [3.63, 3.8) is 0 Å². The van der Waals surface area contributed by atoms with Gasteiger partial charge in [0.15, 0.2) is 16.4 Å². The van der Waals surface area contributed by atoms with Crippen molar-refractivity contribution in [3.05, 3.63) is 45.2 Å². The molecule has 0 saturated heterocycles. The number of fused-ring (bicyclic) bond motifs is 1. The van der Waals surface area contributed by atoms with Crippen LogP contribution in [0.15, 0.2) is 38.9 Å². The van der Waals surface area contributed by atoms with Crippen molar-refractivity contribution in [3.8, 4) is 11.5 Å². The maximum Gasteiger partial charge on any atom is 0.330 e. The summed E-state index contributed by atoms with van der Waals surface area (Å²) in [7, 11) is -1.59. The number of benzene rings is 1. The van der Waals surface area contributed by atoms with Crippen LogP contribution < -0.4 is 25.4 Å². The predicted molar refractivity (Wildman–Crippen MR) is 80.3 cm³/mol. The number of aryl methyl sites for hydroxylation is 1. The smallest absolute Gasteiger partial charge is 0.330 e. The average molecular weight is 339 g/mol. The van der Waals surface area contributed by atoms with Crippen LogP contribution >= 0.6 is 0 Å². The van der Waals surface area contributed by atoms with Crippen LogP contribution in [-0.4, -0.2) is 24.3 Å². The Kier molecular flexibility index (Phi) is 3.40. The van der Waals surface area contributed by atoms with Crippen LogP contribution in [0.5, 0.6) is 11.5 Å². The molecule has 10 heteroatoms. The molecule has 1 N–H and O–H groups in total. The van der Waals surface area contributed by atoms with E-state index in [0.717, 1.165) is 15.3 Å². The zero-order chi connectivity index (χ0) is 16.8. The minimum Gasteiger partial charge on any atom is -0.454 e. The first kappa shape index (κ1) is 15.2. The topological polar surface area (TPSA) is 109 Å². The fourth-order valence-corrected chi connectivity index (χ4v) is 3.34. The van der Waals surface area contributed by atoms with Gasteiger partial charge in [-0.15, -0.1) is 0 Å². The third-order valence-corrected chi connectivity index (χ3v) is 4.69. The number of hydrogen-bond acceptors (Lipinski definition) is 6. The van der Waals surface area contributed by atoms with Crippen molar-refractivity contribution < 1.29 is 17.9 Å². The summed E-state index contributed by atoms with van der Waals surface area (Å²) in [5.41, 5.74) is -1.30. The van der Waals surface area contributed by atoms with Crippen molar-refractivity contribution in [2.24, 2.45) is 14.1 Å². The van der Waals surface area contributed by atoms with Crippen LogP contribution in [0.2, 0.25) is 0 Å². The van der Waals surface area contributed by atoms with E-state index in [-0.39, 0.29) is 12.5 Å². The van der Waals surface area contributed by atoms with E-state index >= 15 is 0 Å². The SMILES string of the molecule is Cn1cc(S(=O)(=O)Nc2ccc3c(c2)OCO3)c(=O)n(C)c1=O. The van der Waals surface area contributed by atoms with Gasteiger partial charge in [-0.1, -0.05) is 0 Å². The highest BCUT2D eigenvalue weighted by molar-refractivity contribution is 7.92. The van der Waals surface area contributed by atoms with E-state index in [1.807, 2.05) is 0 Å². The first-order valence-electron chi connectivity index (χ1n) is 6.49. The second-order valence-corrected chi connectivity index (χ2v) is 6.58. The molecule has 0 amide bonds. The summed E-state index contributed by atoms with van der Waals surface area (Å²) in [6.45, 7) is 0.0624. The van der Waals surface area contributed by atoms with E-state index in [4.69, 9.17) is 9.47 Å². The number of rotatable bonds is 3. The summed E-state index contributed by atoms with van der Waals surface area (Å²) in [4.78, 5) is 23.2. The van der Waals surface area contributed by atoms with Crippen LogP contribution in [0, 0.1) is 0 Å². The fraction of sp³-hybridized carbons (Fsp3) is 0.231. The molecular formula is C13H13N3O6S. The molecule has 1 aromatic heterocycles. The molecule has 0 atom stereocenters. The summed E-state index contributed by atoms with van der Waals surface area (Å²) in [6, 6.07) is 4.49. The molecular weight excluding hydrogens is 326 g/mol. The summed E-state index contributed by atoms with van der Waals surface area (Å²) in [5, 5.41) is 0.